The molecule has 0 unspecified atom stereocenters. The first kappa shape index (κ1) is 16.3. The van der Waals surface area contributed by atoms with Crippen LogP contribution in [-0.4, -0.2) is 22.9 Å². The van der Waals surface area contributed by atoms with Crippen LogP contribution in [0.3, 0.4) is 0 Å². The lowest BCUT2D eigenvalue weighted by Gasteiger charge is -2.23. The van der Waals surface area contributed by atoms with Crippen molar-refractivity contribution < 1.29 is 0 Å². The lowest BCUT2D eigenvalue weighted by Crippen LogP contribution is -2.30. The number of aromatic nitrogens is 2. The third kappa shape index (κ3) is 3.88. The van der Waals surface area contributed by atoms with Crippen molar-refractivity contribution in [3.05, 3.63) is 56.4 Å². The van der Waals surface area contributed by atoms with Gasteiger partial charge in [-0.15, -0.1) is 0 Å². The van der Waals surface area contributed by atoms with Crippen molar-refractivity contribution in [2.75, 3.05) is 18.0 Å². The fraction of sp³-hybridized carbons (Fsp3) is 0.412. The topological polar surface area (TPSA) is 38.1 Å². The highest BCUT2D eigenvalue weighted by atomic mass is 35.5. The van der Waals surface area contributed by atoms with Gasteiger partial charge in [0, 0.05) is 18.1 Å². The summed E-state index contributed by atoms with van der Waals surface area (Å²) in [5.74, 6) is 0. The normalized spacial score (nSPS) is 15.5. The maximum Gasteiger partial charge on any atom is 0.287 e. The number of benzene rings is 1. The standard InChI is InChI=1S/C17H19Cl2N3O/c18-14-7-5-13(6-8-14)12-22-17(23)16(19)15(11-20-22)21-9-3-1-2-4-10-21/h5-8,11H,1-4,9-10,12H2. The highest BCUT2D eigenvalue weighted by molar-refractivity contribution is 6.33. The fourth-order valence-electron chi connectivity index (χ4n) is 2.86. The zero-order valence-corrected chi connectivity index (χ0v) is 14.4. The average molecular weight is 352 g/mol. The van der Waals surface area contributed by atoms with E-state index < -0.39 is 0 Å². The van der Waals surface area contributed by atoms with E-state index in [1.165, 1.54) is 17.5 Å². The summed E-state index contributed by atoms with van der Waals surface area (Å²) in [5.41, 5.74) is 1.47. The lowest BCUT2D eigenvalue weighted by atomic mass is 10.2. The van der Waals surface area contributed by atoms with Crippen molar-refractivity contribution >= 4 is 28.9 Å². The minimum absolute atomic E-state index is 0.247. The summed E-state index contributed by atoms with van der Waals surface area (Å²) in [6, 6.07) is 7.37. The first-order valence-electron chi connectivity index (χ1n) is 7.90. The summed E-state index contributed by atoms with van der Waals surface area (Å²) in [6.45, 7) is 2.25. The second-order valence-electron chi connectivity index (χ2n) is 5.83. The van der Waals surface area contributed by atoms with Gasteiger partial charge in [-0.1, -0.05) is 48.2 Å². The monoisotopic (exact) mass is 351 g/mol. The Morgan fingerprint density at radius 3 is 2.30 bits per heavy atom. The van der Waals surface area contributed by atoms with Gasteiger partial charge in [-0.3, -0.25) is 4.79 Å². The van der Waals surface area contributed by atoms with Gasteiger partial charge in [0.05, 0.1) is 18.4 Å². The van der Waals surface area contributed by atoms with E-state index in [2.05, 4.69) is 10.00 Å². The van der Waals surface area contributed by atoms with Crippen LogP contribution < -0.4 is 10.5 Å². The Kier molecular flexibility index (Phi) is 5.23. The molecule has 0 aliphatic carbocycles. The second kappa shape index (κ2) is 7.37. The summed E-state index contributed by atoms with van der Waals surface area (Å²) >= 11 is 12.2. The molecule has 0 radical (unpaired) electrons. The average Bonchev–Trinajstić information content (AvgIpc) is 2.83. The van der Waals surface area contributed by atoms with Crippen molar-refractivity contribution in [3.63, 3.8) is 0 Å². The van der Waals surface area contributed by atoms with Crippen molar-refractivity contribution in [1.82, 2.24) is 9.78 Å². The van der Waals surface area contributed by atoms with Crippen LogP contribution in [0.15, 0.2) is 35.3 Å². The maximum absolute atomic E-state index is 12.5. The lowest BCUT2D eigenvalue weighted by molar-refractivity contribution is 0.635. The van der Waals surface area contributed by atoms with Crippen molar-refractivity contribution in [2.24, 2.45) is 0 Å². The Balaban J connectivity index is 1.85. The summed E-state index contributed by atoms with van der Waals surface area (Å²) < 4.78 is 1.40. The van der Waals surface area contributed by atoms with Gasteiger partial charge >= 0.3 is 0 Å². The molecule has 2 aromatic rings. The molecule has 1 aromatic carbocycles. The number of nitrogens with zero attached hydrogens (tertiary/aromatic N) is 3. The van der Waals surface area contributed by atoms with Crippen LogP contribution in [0.5, 0.6) is 0 Å². The molecular weight excluding hydrogens is 333 g/mol. The Morgan fingerprint density at radius 2 is 1.65 bits per heavy atom. The molecule has 3 rings (SSSR count). The molecule has 6 heteroatoms. The van der Waals surface area contributed by atoms with E-state index in [-0.39, 0.29) is 10.6 Å². The molecule has 0 amide bonds. The Labute approximate surface area is 145 Å². The number of rotatable bonds is 3. The zero-order valence-electron chi connectivity index (χ0n) is 12.8. The SMILES string of the molecule is O=c1c(Cl)c(N2CCCCCC2)cnn1Cc1ccc(Cl)cc1. The number of halogens is 2. The molecule has 1 fully saturated rings. The zero-order chi connectivity index (χ0) is 16.2. The Bertz CT molecular complexity index is 720. The quantitative estimate of drug-likeness (QED) is 0.839. The third-order valence-electron chi connectivity index (χ3n) is 4.16. The Morgan fingerprint density at radius 1 is 1.00 bits per heavy atom. The van der Waals surface area contributed by atoms with Crippen LogP contribution in [0.1, 0.15) is 31.2 Å². The number of anilines is 1. The second-order valence-corrected chi connectivity index (χ2v) is 6.65. The van der Waals surface area contributed by atoms with Crippen LogP contribution in [0.4, 0.5) is 5.69 Å². The van der Waals surface area contributed by atoms with E-state index >= 15 is 0 Å². The first-order chi connectivity index (χ1) is 11.1. The molecule has 0 N–H and O–H groups in total. The van der Waals surface area contributed by atoms with Gasteiger partial charge < -0.3 is 4.90 Å². The van der Waals surface area contributed by atoms with Gasteiger partial charge in [-0.2, -0.15) is 5.10 Å². The molecular formula is C17H19Cl2N3O. The fourth-order valence-corrected chi connectivity index (χ4v) is 3.26. The van der Waals surface area contributed by atoms with Crippen molar-refractivity contribution in [1.29, 1.82) is 0 Å². The molecule has 1 saturated heterocycles. The molecule has 122 valence electrons. The molecule has 1 aliphatic rings. The summed E-state index contributed by atoms with van der Waals surface area (Å²) in [5, 5.41) is 5.24. The number of hydrogen-bond acceptors (Lipinski definition) is 3. The summed E-state index contributed by atoms with van der Waals surface area (Å²) in [4.78, 5) is 14.7. The Hall–Kier alpha value is -1.52. The highest BCUT2D eigenvalue weighted by Crippen LogP contribution is 2.24. The van der Waals surface area contributed by atoms with Gasteiger partial charge in [0.25, 0.3) is 5.56 Å². The predicted octanol–water partition coefficient (Wildman–Crippen LogP) is 3.98. The maximum atomic E-state index is 12.5. The van der Waals surface area contributed by atoms with E-state index in [0.29, 0.717) is 11.6 Å². The van der Waals surface area contributed by atoms with Gasteiger partial charge in [0.15, 0.2) is 0 Å². The van der Waals surface area contributed by atoms with E-state index in [0.717, 1.165) is 37.2 Å². The predicted molar refractivity (Wildman–Crippen MR) is 94.7 cm³/mol. The summed E-state index contributed by atoms with van der Waals surface area (Å²) in [6.07, 6.45) is 6.43. The molecule has 0 bridgehead atoms. The van der Waals surface area contributed by atoms with E-state index in [1.54, 1.807) is 18.3 Å². The van der Waals surface area contributed by atoms with Gasteiger partial charge in [0.1, 0.15) is 5.02 Å². The van der Waals surface area contributed by atoms with Crippen LogP contribution in [0.2, 0.25) is 10.0 Å². The van der Waals surface area contributed by atoms with Gasteiger partial charge in [0.2, 0.25) is 0 Å². The molecule has 2 heterocycles. The van der Waals surface area contributed by atoms with Crippen LogP contribution >= 0.6 is 23.2 Å². The highest BCUT2D eigenvalue weighted by Gasteiger charge is 2.17. The van der Waals surface area contributed by atoms with E-state index in [1.807, 2.05) is 12.1 Å². The van der Waals surface area contributed by atoms with Gasteiger partial charge in [-0.05, 0) is 30.5 Å². The van der Waals surface area contributed by atoms with Gasteiger partial charge in [-0.25, -0.2) is 4.68 Å². The molecule has 0 spiro atoms. The van der Waals surface area contributed by atoms with Crippen molar-refractivity contribution in [3.8, 4) is 0 Å². The van der Waals surface area contributed by atoms with Crippen LogP contribution in [-0.2, 0) is 6.54 Å². The number of hydrogen-bond donors (Lipinski definition) is 0. The molecule has 0 atom stereocenters. The van der Waals surface area contributed by atoms with Crippen LogP contribution in [0.25, 0.3) is 0 Å². The summed E-state index contributed by atoms with van der Waals surface area (Å²) in [7, 11) is 0. The minimum Gasteiger partial charge on any atom is -0.369 e. The minimum atomic E-state index is -0.247. The smallest absolute Gasteiger partial charge is 0.287 e. The van der Waals surface area contributed by atoms with Crippen molar-refractivity contribution in [2.45, 2.75) is 32.2 Å². The van der Waals surface area contributed by atoms with Crippen LogP contribution in [0, 0.1) is 0 Å². The van der Waals surface area contributed by atoms with E-state index in [4.69, 9.17) is 23.2 Å². The largest absolute Gasteiger partial charge is 0.369 e. The molecule has 23 heavy (non-hydrogen) atoms. The molecule has 0 saturated carbocycles. The first-order valence-corrected chi connectivity index (χ1v) is 8.66. The molecule has 4 nitrogen and oxygen atoms in total. The van der Waals surface area contributed by atoms with E-state index in [9.17, 15) is 4.79 Å². The molecule has 1 aromatic heterocycles. The third-order valence-corrected chi connectivity index (χ3v) is 4.77. The molecule has 1 aliphatic heterocycles.